The number of aryl methyl sites for hydroxylation is 1. The Hall–Kier alpha value is -3.60. The van der Waals surface area contributed by atoms with Gasteiger partial charge >= 0.3 is 6.03 Å². The van der Waals surface area contributed by atoms with Gasteiger partial charge in [-0.05, 0) is 35.2 Å². The summed E-state index contributed by atoms with van der Waals surface area (Å²) in [5.41, 5.74) is 3.88. The van der Waals surface area contributed by atoms with Gasteiger partial charge in [-0.1, -0.05) is 79.7 Å². The fourth-order valence-corrected chi connectivity index (χ4v) is 3.10. The van der Waals surface area contributed by atoms with Crippen molar-refractivity contribution in [3.8, 4) is 0 Å². The molecule has 154 valence electrons. The van der Waals surface area contributed by atoms with Crippen molar-refractivity contribution in [3.05, 3.63) is 102 Å². The van der Waals surface area contributed by atoms with Gasteiger partial charge in [0.2, 0.25) is 5.91 Å². The summed E-state index contributed by atoms with van der Waals surface area (Å²) in [5, 5.41) is 8.55. The molecule has 3 aromatic rings. The Balaban J connectivity index is 1.65. The van der Waals surface area contributed by atoms with E-state index in [9.17, 15) is 9.59 Å². The lowest BCUT2D eigenvalue weighted by atomic mass is 10.1. The molecule has 5 nitrogen and oxygen atoms in total. The van der Waals surface area contributed by atoms with Crippen LogP contribution in [-0.4, -0.2) is 18.0 Å². The molecule has 1 atom stereocenters. The molecular formula is C25H27N3O2. The third-order valence-electron chi connectivity index (χ3n) is 4.83. The van der Waals surface area contributed by atoms with E-state index in [0.717, 1.165) is 17.5 Å². The number of nitrogens with one attached hydrogen (secondary N) is 3. The zero-order valence-corrected chi connectivity index (χ0v) is 17.1. The molecule has 0 saturated carbocycles. The Labute approximate surface area is 177 Å². The molecule has 0 aliphatic carbocycles. The van der Waals surface area contributed by atoms with Gasteiger partial charge in [-0.15, -0.1) is 0 Å². The van der Waals surface area contributed by atoms with Gasteiger partial charge in [0.1, 0.15) is 6.04 Å². The molecule has 0 bridgehead atoms. The molecule has 3 amide bonds. The SMILES string of the molecule is CCc1ccc(NC(=O)C(Cc2ccccc2)NC(=O)NCc2ccccc2)cc1. The van der Waals surface area contributed by atoms with Crippen LogP contribution in [0.4, 0.5) is 10.5 Å². The molecule has 0 aliphatic rings. The molecule has 0 heterocycles. The molecule has 3 aromatic carbocycles. The van der Waals surface area contributed by atoms with Gasteiger partial charge in [-0.2, -0.15) is 0 Å². The van der Waals surface area contributed by atoms with Crippen molar-refractivity contribution >= 4 is 17.6 Å². The van der Waals surface area contributed by atoms with Crippen LogP contribution in [0.5, 0.6) is 0 Å². The van der Waals surface area contributed by atoms with E-state index in [0.29, 0.717) is 18.7 Å². The number of amides is 3. The lowest BCUT2D eigenvalue weighted by Crippen LogP contribution is -2.49. The van der Waals surface area contributed by atoms with E-state index < -0.39 is 6.04 Å². The third kappa shape index (κ3) is 6.48. The molecule has 3 N–H and O–H groups in total. The average molecular weight is 402 g/mol. The smallest absolute Gasteiger partial charge is 0.315 e. The van der Waals surface area contributed by atoms with Crippen LogP contribution >= 0.6 is 0 Å². The van der Waals surface area contributed by atoms with Crippen LogP contribution in [-0.2, 0) is 24.2 Å². The Morgan fingerprint density at radius 1 is 0.767 bits per heavy atom. The van der Waals surface area contributed by atoms with Gasteiger partial charge in [0.25, 0.3) is 0 Å². The van der Waals surface area contributed by atoms with Crippen LogP contribution in [0.25, 0.3) is 0 Å². The zero-order valence-electron chi connectivity index (χ0n) is 17.1. The molecule has 0 saturated heterocycles. The first-order chi connectivity index (χ1) is 14.6. The number of carbonyl (C=O) groups excluding carboxylic acids is 2. The first-order valence-corrected chi connectivity index (χ1v) is 10.2. The Kier molecular flexibility index (Phi) is 7.61. The quantitative estimate of drug-likeness (QED) is 0.527. The summed E-state index contributed by atoms with van der Waals surface area (Å²) in [7, 11) is 0. The van der Waals surface area contributed by atoms with E-state index in [-0.39, 0.29) is 11.9 Å². The number of urea groups is 1. The van der Waals surface area contributed by atoms with E-state index in [1.165, 1.54) is 5.56 Å². The summed E-state index contributed by atoms with van der Waals surface area (Å²) < 4.78 is 0. The van der Waals surface area contributed by atoms with Crippen LogP contribution < -0.4 is 16.0 Å². The Morgan fingerprint density at radius 2 is 1.37 bits per heavy atom. The first kappa shape index (κ1) is 21.1. The van der Waals surface area contributed by atoms with Gasteiger partial charge < -0.3 is 16.0 Å². The van der Waals surface area contributed by atoms with E-state index in [1.54, 1.807) is 0 Å². The minimum absolute atomic E-state index is 0.252. The topological polar surface area (TPSA) is 70.2 Å². The molecule has 30 heavy (non-hydrogen) atoms. The van der Waals surface area contributed by atoms with Crippen molar-refractivity contribution in [3.63, 3.8) is 0 Å². The lowest BCUT2D eigenvalue weighted by molar-refractivity contribution is -0.117. The summed E-state index contributed by atoms with van der Waals surface area (Å²) in [5.74, 6) is -0.252. The van der Waals surface area contributed by atoms with E-state index in [1.807, 2.05) is 84.9 Å². The predicted octanol–water partition coefficient (Wildman–Crippen LogP) is 4.30. The second kappa shape index (κ2) is 10.8. The second-order valence-electron chi connectivity index (χ2n) is 7.09. The fourth-order valence-electron chi connectivity index (χ4n) is 3.10. The standard InChI is InChI=1S/C25H27N3O2/c1-2-19-13-15-22(16-14-19)27-24(29)23(17-20-9-5-3-6-10-20)28-25(30)26-18-21-11-7-4-8-12-21/h3-16,23H,2,17-18H2,1H3,(H,27,29)(H2,26,28,30). The van der Waals surface area contributed by atoms with Gasteiger partial charge in [0.05, 0.1) is 0 Å². The molecular weight excluding hydrogens is 374 g/mol. The minimum Gasteiger partial charge on any atom is -0.334 e. The van der Waals surface area contributed by atoms with Gasteiger partial charge in [-0.3, -0.25) is 4.79 Å². The van der Waals surface area contributed by atoms with Crippen molar-refractivity contribution in [2.45, 2.75) is 32.4 Å². The molecule has 0 aliphatic heterocycles. The van der Waals surface area contributed by atoms with E-state index in [4.69, 9.17) is 0 Å². The summed E-state index contributed by atoms with van der Waals surface area (Å²) in [6, 6.07) is 26.0. The highest BCUT2D eigenvalue weighted by Crippen LogP contribution is 2.12. The maximum Gasteiger partial charge on any atom is 0.315 e. The van der Waals surface area contributed by atoms with Crippen molar-refractivity contribution < 1.29 is 9.59 Å². The number of carbonyl (C=O) groups is 2. The molecule has 0 aromatic heterocycles. The summed E-state index contributed by atoms with van der Waals surface area (Å²) in [6.45, 7) is 2.48. The minimum atomic E-state index is -0.700. The predicted molar refractivity (Wildman–Crippen MR) is 120 cm³/mol. The number of anilines is 1. The van der Waals surface area contributed by atoms with Crippen LogP contribution in [0, 0.1) is 0 Å². The third-order valence-corrected chi connectivity index (χ3v) is 4.83. The number of benzene rings is 3. The molecule has 0 fully saturated rings. The molecule has 0 radical (unpaired) electrons. The second-order valence-corrected chi connectivity index (χ2v) is 7.09. The highest BCUT2D eigenvalue weighted by Gasteiger charge is 2.21. The average Bonchev–Trinajstić information content (AvgIpc) is 2.79. The van der Waals surface area contributed by atoms with E-state index in [2.05, 4.69) is 22.9 Å². The lowest BCUT2D eigenvalue weighted by Gasteiger charge is -2.19. The van der Waals surface area contributed by atoms with Gasteiger partial charge in [0.15, 0.2) is 0 Å². The molecule has 1 unspecified atom stereocenters. The van der Waals surface area contributed by atoms with Crippen LogP contribution in [0.3, 0.4) is 0 Å². The van der Waals surface area contributed by atoms with Crippen LogP contribution in [0.2, 0.25) is 0 Å². The van der Waals surface area contributed by atoms with Crippen molar-refractivity contribution in [2.75, 3.05) is 5.32 Å². The van der Waals surface area contributed by atoms with Crippen molar-refractivity contribution in [1.82, 2.24) is 10.6 Å². The molecule has 5 heteroatoms. The Morgan fingerprint density at radius 3 is 1.97 bits per heavy atom. The van der Waals surface area contributed by atoms with Crippen LogP contribution in [0.1, 0.15) is 23.6 Å². The summed E-state index contributed by atoms with van der Waals surface area (Å²) in [6.07, 6.45) is 1.34. The highest BCUT2D eigenvalue weighted by atomic mass is 16.2. The first-order valence-electron chi connectivity index (χ1n) is 10.2. The highest BCUT2D eigenvalue weighted by molar-refractivity contribution is 5.97. The van der Waals surface area contributed by atoms with E-state index >= 15 is 0 Å². The molecule has 0 spiro atoms. The Bertz CT molecular complexity index is 941. The molecule has 3 rings (SSSR count). The van der Waals surface area contributed by atoms with Gasteiger partial charge in [-0.25, -0.2) is 4.79 Å². The monoisotopic (exact) mass is 401 g/mol. The number of hydrogen-bond donors (Lipinski definition) is 3. The van der Waals surface area contributed by atoms with Gasteiger partial charge in [0, 0.05) is 18.7 Å². The normalized spacial score (nSPS) is 11.4. The van der Waals surface area contributed by atoms with Crippen molar-refractivity contribution in [1.29, 1.82) is 0 Å². The fraction of sp³-hybridized carbons (Fsp3) is 0.200. The maximum atomic E-state index is 12.9. The zero-order chi connectivity index (χ0) is 21.2. The summed E-state index contributed by atoms with van der Waals surface area (Å²) >= 11 is 0. The van der Waals surface area contributed by atoms with Crippen LogP contribution in [0.15, 0.2) is 84.9 Å². The largest absolute Gasteiger partial charge is 0.334 e. The summed E-state index contributed by atoms with van der Waals surface area (Å²) in [4.78, 5) is 25.4. The number of hydrogen-bond acceptors (Lipinski definition) is 2. The van der Waals surface area contributed by atoms with Crippen molar-refractivity contribution in [2.24, 2.45) is 0 Å². The maximum absolute atomic E-state index is 12.9. The number of rotatable bonds is 8.